The number of benzene rings is 2. The molecular weight excluding hydrogens is 266 g/mol. The number of rotatable bonds is 3. The SMILES string of the molecule is C=CC(=O)Oc1ccc(-c2ccc(O)c(F)c2)cc1F. The lowest BCUT2D eigenvalue weighted by molar-refractivity contribution is -0.129. The molecule has 0 aromatic heterocycles. The molecule has 20 heavy (non-hydrogen) atoms. The van der Waals surface area contributed by atoms with E-state index in [9.17, 15) is 13.6 Å². The number of ether oxygens (including phenoxy) is 1. The van der Waals surface area contributed by atoms with Crippen molar-refractivity contribution in [2.75, 3.05) is 0 Å². The molecule has 0 heterocycles. The minimum absolute atomic E-state index is 0.238. The monoisotopic (exact) mass is 276 g/mol. The van der Waals surface area contributed by atoms with E-state index in [1.165, 1.54) is 24.3 Å². The van der Waals surface area contributed by atoms with Crippen molar-refractivity contribution in [2.45, 2.75) is 0 Å². The molecule has 2 aromatic carbocycles. The largest absolute Gasteiger partial charge is 0.505 e. The van der Waals surface area contributed by atoms with Gasteiger partial charge in [0, 0.05) is 6.08 Å². The first-order valence-electron chi connectivity index (χ1n) is 5.64. The minimum atomic E-state index is -0.801. The summed E-state index contributed by atoms with van der Waals surface area (Å²) in [7, 11) is 0. The van der Waals surface area contributed by atoms with Crippen LogP contribution >= 0.6 is 0 Å². The first-order valence-corrected chi connectivity index (χ1v) is 5.64. The fourth-order valence-corrected chi connectivity index (χ4v) is 1.60. The summed E-state index contributed by atoms with van der Waals surface area (Å²) in [6.45, 7) is 3.21. The number of halogens is 2. The van der Waals surface area contributed by atoms with E-state index in [-0.39, 0.29) is 5.75 Å². The number of phenolic OH excluding ortho intramolecular Hbond substituents is 1. The molecule has 0 unspecified atom stereocenters. The smallest absolute Gasteiger partial charge is 0.335 e. The van der Waals surface area contributed by atoms with Crippen LogP contribution in [0.1, 0.15) is 0 Å². The van der Waals surface area contributed by atoms with Crippen molar-refractivity contribution in [3.8, 4) is 22.6 Å². The molecule has 0 radical (unpaired) electrons. The van der Waals surface area contributed by atoms with Crippen LogP contribution in [-0.4, -0.2) is 11.1 Å². The van der Waals surface area contributed by atoms with Crippen LogP contribution in [-0.2, 0) is 4.79 Å². The second-order valence-electron chi connectivity index (χ2n) is 3.94. The third-order valence-corrected chi connectivity index (χ3v) is 2.59. The summed E-state index contributed by atoms with van der Waals surface area (Å²) < 4.78 is 31.7. The summed E-state index contributed by atoms with van der Waals surface area (Å²) in [5.41, 5.74) is 0.778. The van der Waals surface area contributed by atoms with Crippen LogP contribution in [0.2, 0.25) is 0 Å². The summed E-state index contributed by atoms with van der Waals surface area (Å²) in [6, 6.07) is 7.55. The predicted octanol–water partition coefficient (Wildman–Crippen LogP) is 3.43. The number of phenols is 1. The van der Waals surface area contributed by atoms with Gasteiger partial charge in [0.15, 0.2) is 23.1 Å². The van der Waals surface area contributed by atoms with Crippen molar-refractivity contribution in [2.24, 2.45) is 0 Å². The second-order valence-corrected chi connectivity index (χ2v) is 3.94. The van der Waals surface area contributed by atoms with Crippen molar-refractivity contribution in [1.82, 2.24) is 0 Å². The summed E-state index contributed by atoms with van der Waals surface area (Å²) in [5, 5.41) is 9.10. The number of carbonyl (C=O) groups is 1. The fourth-order valence-electron chi connectivity index (χ4n) is 1.60. The van der Waals surface area contributed by atoms with E-state index < -0.39 is 23.4 Å². The van der Waals surface area contributed by atoms with Crippen molar-refractivity contribution < 1.29 is 23.4 Å². The molecule has 0 aliphatic carbocycles. The van der Waals surface area contributed by atoms with Crippen LogP contribution in [0.3, 0.4) is 0 Å². The predicted molar refractivity (Wildman–Crippen MR) is 69.3 cm³/mol. The number of esters is 1. The Morgan fingerprint density at radius 3 is 2.25 bits per heavy atom. The average molecular weight is 276 g/mol. The van der Waals surface area contributed by atoms with Gasteiger partial charge in [0.25, 0.3) is 0 Å². The number of hydrogen-bond donors (Lipinski definition) is 1. The number of carbonyl (C=O) groups excluding carboxylic acids is 1. The maximum Gasteiger partial charge on any atom is 0.335 e. The summed E-state index contributed by atoms with van der Waals surface area (Å²) in [4.78, 5) is 11.0. The Bertz CT molecular complexity index is 681. The molecule has 0 aliphatic rings. The molecule has 0 bridgehead atoms. The Hall–Kier alpha value is -2.69. The van der Waals surface area contributed by atoms with Gasteiger partial charge in [-0.1, -0.05) is 18.7 Å². The van der Waals surface area contributed by atoms with E-state index in [0.29, 0.717) is 11.1 Å². The third kappa shape index (κ3) is 2.83. The van der Waals surface area contributed by atoms with Gasteiger partial charge in [-0.2, -0.15) is 0 Å². The Kier molecular flexibility index (Phi) is 3.79. The number of hydrogen-bond acceptors (Lipinski definition) is 3. The highest BCUT2D eigenvalue weighted by atomic mass is 19.1. The molecule has 0 aliphatic heterocycles. The van der Waals surface area contributed by atoms with Gasteiger partial charge in [0.1, 0.15) is 0 Å². The Morgan fingerprint density at radius 2 is 1.70 bits per heavy atom. The zero-order valence-corrected chi connectivity index (χ0v) is 10.3. The summed E-state index contributed by atoms with van der Waals surface area (Å²) in [5.74, 6) is -3.05. The zero-order chi connectivity index (χ0) is 14.7. The van der Waals surface area contributed by atoms with Crippen LogP contribution in [0, 0.1) is 11.6 Å². The average Bonchev–Trinajstić information content (AvgIpc) is 2.44. The van der Waals surface area contributed by atoms with Crippen molar-refractivity contribution >= 4 is 5.97 Å². The summed E-state index contributed by atoms with van der Waals surface area (Å²) in [6.07, 6.45) is 0.919. The first-order chi connectivity index (χ1) is 9.51. The lowest BCUT2D eigenvalue weighted by Crippen LogP contribution is -2.04. The Labute approximate surface area is 113 Å². The van der Waals surface area contributed by atoms with Gasteiger partial charge in [-0.3, -0.25) is 0 Å². The lowest BCUT2D eigenvalue weighted by Gasteiger charge is -2.07. The second kappa shape index (κ2) is 5.52. The van der Waals surface area contributed by atoms with Crippen LogP contribution in [0.4, 0.5) is 8.78 Å². The normalized spacial score (nSPS) is 10.1. The van der Waals surface area contributed by atoms with Gasteiger partial charge >= 0.3 is 5.97 Å². The molecule has 0 saturated carbocycles. The van der Waals surface area contributed by atoms with Crippen molar-refractivity contribution in [3.63, 3.8) is 0 Å². The zero-order valence-electron chi connectivity index (χ0n) is 10.3. The highest BCUT2D eigenvalue weighted by Crippen LogP contribution is 2.28. The molecule has 0 amide bonds. The topological polar surface area (TPSA) is 46.5 Å². The maximum absolute atomic E-state index is 13.8. The highest BCUT2D eigenvalue weighted by molar-refractivity contribution is 5.83. The van der Waals surface area contributed by atoms with E-state index >= 15 is 0 Å². The van der Waals surface area contributed by atoms with Gasteiger partial charge in [-0.05, 0) is 35.4 Å². The molecule has 0 spiro atoms. The summed E-state index contributed by atoms with van der Waals surface area (Å²) >= 11 is 0. The Morgan fingerprint density at radius 1 is 1.10 bits per heavy atom. The molecule has 5 heteroatoms. The van der Waals surface area contributed by atoms with Gasteiger partial charge in [0.05, 0.1) is 0 Å². The standard InChI is InChI=1S/C15H10F2O3/c1-2-15(19)20-14-6-4-10(8-12(14)17)9-3-5-13(18)11(16)7-9/h2-8,18H,1H2. The van der Waals surface area contributed by atoms with Crippen LogP contribution in [0.5, 0.6) is 11.5 Å². The number of aromatic hydroxyl groups is 1. The molecule has 0 atom stereocenters. The van der Waals surface area contributed by atoms with Gasteiger partial charge in [0.2, 0.25) is 0 Å². The van der Waals surface area contributed by atoms with Gasteiger partial charge < -0.3 is 9.84 Å². The lowest BCUT2D eigenvalue weighted by atomic mass is 10.1. The molecule has 3 nitrogen and oxygen atoms in total. The van der Waals surface area contributed by atoms with Crippen LogP contribution < -0.4 is 4.74 Å². The van der Waals surface area contributed by atoms with E-state index in [0.717, 1.165) is 18.2 Å². The van der Waals surface area contributed by atoms with Gasteiger partial charge in [-0.25, -0.2) is 13.6 Å². The fraction of sp³-hybridized carbons (Fsp3) is 0. The molecular formula is C15H10F2O3. The highest BCUT2D eigenvalue weighted by Gasteiger charge is 2.10. The van der Waals surface area contributed by atoms with E-state index in [1.54, 1.807) is 0 Å². The van der Waals surface area contributed by atoms with Gasteiger partial charge in [-0.15, -0.1) is 0 Å². The molecule has 102 valence electrons. The molecule has 0 fully saturated rings. The van der Waals surface area contributed by atoms with Crippen LogP contribution in [0.25, 0.3) is 11.1 Å². The molecule has 0 saturated heterocycles. The quantitative estimate of drug-likeness (QED) is 0.530. The van der Waals surface area contributed by atoms with E-state index in [2.05, 4.69) is 11.3 Å². The Balaban J connectivity index is 2.35. The minimum Gasteiger partial charge on any atom is -0.505 e. The molecule has 2 aromatic rings. The van der Waals surface area contributed by atoms with Crippen LogP contribution in [0.15, 0.2) is 49.1 Å². The van der Waals surface area contributed by atoms with E-state index in [1.807, 2.05) is 0 Å². The maximum atomic E-state index is 13.8. The van der Waals surface area contributed by atoms with Crippen molar-refractivity contribution in [3.05, 3.63) is 60.7 Å². The van der Waals surface area contributed by atoms with E-state index in [4.69, 9.17) is 5.11 Å². The first kappa shape index (κ1) is 13.7. The molecule has 1 N–H and O–H groups in total. The third-order valence-electron chi connectivity index (χ3n) is 2.59. The van der Waals surface area contributed by atoms with Crippen molar-refractivity contribution in [1.29, 1.82) is 0 Å². The molecule has 2 rings (SSSR count).